The number of fused-ring (bicyclic) bond motifs is 1. The highest BCUT2D eigenvalue weighted by Gasteiger charge is 2.31. The van der Waals surface area contributed by atoms with Gasteiger partial charge in [-0.15, -0.1) is 0 Å². The molecule has 2 aromatic carbocycles. The molecule has 0 saturated carbocycles. The lowest BCUT2D eigenvalue weighted by atomic mass is 9.71. The molecule has 0 heterocycles. The van der Waals surface area contributed by atoms with Crippen molar-refractivity contribution in [1.29, 1.82) is 0 Å². The molecule has 0 saturated heterocycles. The Balaban J connectivity index is 1.42. The van der Waals surface area contributed by atoms with E-state index in [0.29, 0.717) is 12.5 Å². The highest BCUT2D eigenvalue weighted by atomic mass is 16.5. The van der Waals surface area contributed by atoms with Crippen molar-refractivity contribution in [3.63, 3.8) is 0 Å². The molecular formula is C34H38O2. The third-order valence-electron chi connectivity index (χ3n) is 7.17. The molecule has 2 nitrogen and oxygen atoms in total. The highest BCUT2D eigenvalue weighted by Crippen LogP contribution is 2.48. The first kappa shape index (κ1) is 25.7. The van der Waals surface area contributed by atoms with Crippen LogP contribution in [0.3, 0.4) is 0 Å². The van der Waals surface area contributed by atoms with Gasteiger partial charge >= 0.3 is 0 Å². The van der Waals surface area contributed by atoms with Gasteiger partial charge in [-0.3, -0.25) is 0 Å². The molecule has 2 aliphatic rings. The molecule has 0 N–H and O–H groups in total. The predicted molar refractivity (Wildman–Crippen MR) is 152 cm³/mol. The fourth-order valence-corrected chi connectivity index (χ4v) is 5.21. The summed E-state index contributed by atoms with van der Waals surface area (Å²) in [6.07, 6.45) is 16.3. The average Bonchev–Trinajstić information content (AvgIpc) is 2.91. The normalized spacial score (nSPS) is 19.4. The zero-order valence-electron chi connectivity index (χ0n) is 21.7. The Hall–Kier alpha value is -3.36. The summed E-state index contributed by atoms with van der Waals surface area (Å²) in [6.45, 7) is 13.9. The van der Waals surface area contributed by atoms with E-state index in [-0.39, 0.29) is 6.10 Å². The van der Waals surface area contributed by atoms with Crippen molar-refractivity contribution in [3.05, 3.63) is 132 Å². The first-order chi connectivity index (χ1) is 17.6. The zero-order chi connectivity index (χ0) is 25.3. The van der Waals surface area contributed by atoms with Crippen LogP contribution in [-0.4, -0.2) is 19.3 Å². The summed E-state index contributed by atoms with van der Waals surface area (Å²) >= 11 is 0. The van der Waals surface area contributed by atoms with Crippen LogP contribution in [0.1, 0.15) is 55.7 Å². The number of allylic oxidation sites excluding steroid dienone is 7. The van der Waals surface area contributed by atoms with Crippen molar-refractivity contribution >= 4 is 5.57 Å². The second kappa shape index (κ2) is 12.6. The third-order valence-corrected chi connectivity index (χ3v) is 7.17. The Morgan fingerprint density at radius 2 is 1.94 bits per heavy atom. The molecule has 2 aromatic rings. The van der Waals surface area contributed by atoms with Gasteiger partial charge in [0.15, 0.2) is 0 Å². The van der Waals surface area contributed by atoms with Gasteiger partial charge in [-0.1, -0.05) is 98.5 Å². The smallest absolute Gasteiger partial charge is 0.119 e. The monoisotopic (exact) mass is 478 g/mol. The molecular weight excluding hydrogens is 440 g/mol. The van der Waals surface area contributed by atoms with Gasteiger partial charge in [-0.25, -0.2) is 0 Å². The average molecular weight is 479 g/mol. The van der Waals surface area contributed by atoms with E-state index in [1.165, 1.54) is 33.4 Å². The topological polar surface area (TPSA) is 18.5 Å². The number of hydrogen-bond acceptors (Lipinski definition) is 2. The van der Waals surface area contributed by atoms with Crippen LogP contribution in [0, 0.1) is 0 Å². The van der Waals surface area contributed by atoms with Crippen molar-refractivity contribution in [3.8, 4) is 5.75 Å². The number of benzene rings is 2. The molecule has 2 aliphatic carbocycles. The summed E-state index contributed by atoms with van der Waals surface area (Å²) in [4.78, 5) is 0. The zero-order valence-corrected chi connectivity index (χ0v) is 21.7. The lowest BCUT2D eigenvalue weighted by Gasteiger charge is -2.35. The lowest BCUT2D eigenvalue weighted by molar-refractivity contribution is 0.0857. The van der Waals surface area contributed by atoms with E-state index in [4.69, 9.17) is 9.47 Å². The molecule has 0 radical (unpaired) electrons. The summed E-state index contributed by atoms with van der Waals surface area (Å²) in [5.74, 6) is 1.29. The van der Waals surface area contributed by atoms with Crippen molar-refractivity contribution in [1.82, 2.24) is 0 Å². The summed E-state index contributed by atoms with van der Waals surface area (Å²) in [5, 5.41) is 0. The Morgan fingerprint density at radius 1 is 1.11 bits per heavy atom. The molecule has 0 fully saturated rings. The Morgan fingerprint density at radius 3 is 2.69 bits per heavy atom. The molecule has 0 aromatic heterocycles. The van der Waals surface area contributed by atoms with E-state index in [0.717, 1.165) is 43.6 Å². The van der Waals surface area contributed by atoms with E-state index < -0.39 is 0 Å². The van der Waals surface area contributed by atoms with E-state index in [2.05, 4.69) is 99.8 Å². The number of hydrogen-bond donors (Lipinski definition) is 0. The summed E-state index contributed by atoms with van der Waals surface area (Å²) in [6, 6.07) is 17.1. The van der Waals surface area contributed by atoms with Gasteiger partial charge in [0, 0.05) is 12.3 Å². The van der Waals surface area contributed by atoms with Gasteiger partial charge in [0.05, 0.1) is 19.3 Å². The number of ether oxygens (including phenoxy) is 2. The van der Waals surface area contributed by atoms with Gasteiger partial charge in [0.2, 0.25) is 0 Å². The second-order valence-electron chi connectivity index (χ2n) is 9.39. The molecule has 0 bridgehead atoms. The highest BCUT2D eigenvalue weighted by molar-refractivity contribution is 5.87. The summed E-state index contributed by atoms with van der Waals surface area (Å²) < 4.78 is 12.4. The molecule has 0 amide bonds. The SMILES string of the molecule is C=C/C=C\C(=C/C)CCOc1ccc2c(c1)C(=C)C1=C(CC(OCCc3ccccc3)C=C1)C2CC. The van der Waals surface area contributed by atoms with Crippen LogP contribution in [0.2, 0.25) is 0 Å². The molecule has 0 spiro atoms. The van der Waals surface area contributed by atoms with Crippen LogP contribution in [-0.2, 0) is 11.2 Å². The van der Waals surface area contributed by atoms with E-state index in [1.54, 1.807) is 6.08 Å². The first-order valence-electron chi connectivity index (χ1n) is 13.1. The molecule has 2 unspecified atom stereocenters. The van der Waals surface area contributed by atoms with Crippen molar-refractivity contribution in [2.45, 2.75) is 51.6 Å². The van der Waals surface area contributed by atoms with Gasteiger partial charge in [-0.05, 0) is 71.7 Å². The quantitative estimate of drug-likeness (QED) is 0.301. The Bertz CT molecular complexity index is 1190. The van der Waals surface area contributed by atoms with Crippen molar-refractivity contribution < 1.29 is 9.47 Å². The summed E-state index contributed by atoms with van der Waals surface area (Å²) in [7, 11) is 0. The van der Waals surface area contributed by atoms with Crippen LogP contribution in [0.4, 0.5) is 0 Å². The van der Waals surface area contributed by atoms with E-state index >= 15 is 0 Å². The van der Waals surface area contributed by atoms with Crippen LogP contribution in [0.15, 0.2) is 115 Å². The largest absolute Gasteiger partial charge is 0.493 e. The number of rotatable bonds is 11. The van der Waals surface area contributed by atoms with Crippen LogP contribution < -0.4 is 4.74 Å². The molecule has 186 valence electrons. The van der Waals surface area contributed by atoms with E-state index in [9.17, 15) is 0 Å². The van der Waals surface area contributed by atoms with Gasteiger partial charge in [0.25, 0.3) is 0 Å². The van der Waals surface area contributed by atoms with Crippen LogP contribution in [0.25, 0.3) is 5.57 Å². The fraction of sp³-hybridized carbons (Fsp3) is 0.294. The van der Waals surface area contributed by atoms with Crippen molar-refractivity contribution in [2.24, 2.45) is 0 Å². The second-order valence-corrected chi connectivity index (χ2v) is 9.39. The minimum absolute atomic E-state index is 0.120. The Kier molecular flexibility index (Phi) is 8.97. The fourth-order valence-electron chi connectivity index (χ4n) is 5.21. The molecule has 2 atom stereocenters. The Labute approximate surface area is 217 Å². The van der Waals surface area contributed by atoms with Crippen molar-refractivity contribution in [2.75, 3.05) is 13.2 Å². The molecule has 0 aliphatic heterocycles. The maximum atomic E-state index is 6.28. The van der Waals surface area contributed by atoms with Gasteiger partial charge in [0.1, 0.15) is 5.75 Å². The molecule has 4 rings (SSSR count). The minimum atomic E-state index is 0.120. The third kappa shape index (κ3) is 6.06. The molecule has 2 heteroatoms. The first-order valence-corrected chi connectivity index (χ1v) is 13.1. The maximum Gasteiger partial charge on any atom is 0.119 e. The predicted octanol–water partition coefficient (Wildman–Crippen LogP) is 8.55. The minimum Gasteiger partial charge on any atom is -0.493 e. The van der Waals surface area contributed by atoms with Gasteiger partial charge in [-0.2, -0.15) is 0 Å². The lowest BCUT2D eigenvalue weighted by Crippen LogP contribution is -2.22. The van der Waals surface area contributed by atoms with Gasteiger partial charge < -0.3 is 9.47 Å². The maximum absolute atomic E-state index is 6.28. The molecule has 36 heavy (non-hydrogen) atoms. The van der Waals surface area contributed by atoms with Crippen LogP contribution in [0.5, 0.6) is 5.75 Å². The standard InChI is InChI=1S/C34H38O2/c1-5-8-12-26(6-2)19-21-35-28-16-18-32-30(7-3)34-24-29(15-17-31(34)25(4)33(32)23-28)36-22-20-27-13-10-9-11-14-27/h5-6,8-18,23,29-30H,1,4,7,19-22,24H2,2-3H3/b12-8-,26-6+. The van der Waals surface area contributed by atoms with Crippen LogP contribution >= 0.6 is 0 Å². The summed E-state index contributed by atoms with van der Waals surface area (Å²) in [5.41, 5.74) is 8.96. The van der Waals surface area contributed by atoms with E-state index in [1.807, 2.05) is 6.08 Å².